The van der Waals surface area contributed by atoms with Crippen molar-refractivity contribution < 1.29 is 4.79 Å². The lowest BCUT2D eigenvalue weighted by molar-refractivity contribution is -0.135. The van der Waals surface area contributed by atoms with E-state index in [0.717, 1.165) is 82.4 Å². The maximum absolute atomic E-state index is 12.8. The van der Waals surface area contributed by atoms with Gasteiger partial charge in [-0.05, 0) is 31.7 Å². The maximum Gasteiger partial charge on any atom is 0.227 e. The largest absolute Gasteiger partial charge is 0.342 e. The molecule has 0 saturated carbocycles. The third-order valence-corrected chi connectivity index (χ3v) is 6.13. The van der Waals surface area contributed by atoms with E-state index in [4.69, 9.17) is 0 Å². The molecule has 2 saturated heterocycles. The molecule has 0 radical (unpaired) electrons. The maximum atomic E-state index is 12.8. The number of fused-ring (bicyclic) bond motifs is 1. The van der Waals surface area contributed by atoms with E-state index >= 15 is 0 Å². The number of amides is 1. The van der Waals surface area contributed by atoms with Crippen molar-refractivity contribution in [1.29, 1.82) is 0 Å². The predicted octanol–water partition coefficient (Wildman–Crippen LogP) is 1.25. The Morgan fingerprint density at radius 1 is 1.00 bits per heavy atom. The zero-order valence-electron chi connectivity index (χ0n) is 15.5. The number of hydrogen-bond acceptors (Lipinski definition) is 6. The van der Waals surface area contributed by atoms with E-state index in [2.05, 4.69) is 29.6 Å². The summed E-state index contributed by atoms with van der Waals surface area (Å²) in [7, 11) is 0. The summed E-state index contributed by atoms with van der Waals surface area (Å²) in [6.07, 6.45) is 8.59. The average molecular weight is 367 g/mol. The third kappa shape index (κ3) is 3.07. The minimum atomic E-state index is 0.0697. The molecule has 2 fully saturated rings. The number of carbonyl (C=O) groups is 1. The summed E-state index contributed by atoms with van der Waals surface area (Å²) in [5, 5.41) is 8.95. The second-order valence-corrected chi connectivity index (χ2v) is 7.83. The van der Waals surface area contributed by atoms with Crippen LogP contribution in [0.5, 0.6) is 0 Å². The standard InChI is InChI=1S/C19H25N7O/c27-18(24-9-1-2-10-24)15-4-5-16-22-23-17(26(16)13-15)14-6-11-25(12-14)19-20-7-3-8-21-19/h3,7-8,14-15H,1-2,4-6,9-13H2/t14-,15-/m1/s1. The molecular weight excluding hydrogens is 342 g/mol. The molecule has 0 N–H and O–H groups in total. The van der Waals surface area contributed by atoms with Crippen LogP contribution in [0.15, 0.2) is 18.5 Å². The zero-order valence-corrected chi connectivity index (χ0v) is 15.5. The highest BCUT2D eigenvalue weighted by atomic mass is 16.2. The fraction of sp³-hybridized carbons (Fsp3) is 0.632. The Balaban J connectivity index is 1.32. The van der Waals surface area contributed by atoms with Crippen molar-refractivity contribution in [2.45, 2.75) is 44.6 Å². The summed E-state index contributed by atoms with van der Waals surface area (Å²) in [6.45, 7) is 4.35. The number of nitrogens with zero attached hydrogens (tertiary/aromatic N) is 7. The van der Waals surface area contributed by atoms with Crippen LogP contribution in [-0.2, 0) is 17.8 Å². The highest BCUT2D eigenvalue weighted by Crippen LogP contribution is 2.31. The lowest BCUT2D eigenvalue weighted by Gasteiger charge is -2.28. The van der Waals surface area contributed by atoms with Crippen LogP contribution < -0.4 is 4.90 Å². The van der Waals surface area contributed by atoms with Crippen LogP contribution in [-0.4, -0.2) is 61.7 Å². The first kappa shape index (κ1) is 16.6. The molecule has 142 valence electrons. The van der Waals surface area contributed by atoms with E-state index in [0.29, 0.717) is 11.8 Å². The smallest absolute Gasteiger partial charge is 0.227 e. The monoisotopic (exact) mass is 367 g/mol. The molecule has 0 unspecified atom stereocenters. The number of aryl methyl sites for hydroxylation is 1. The van der Waals surface area contributed by atoms with Gasteiger partial charge in [0.1, 0.15) is 11.6 Å². The Bertz CT molecular complexity index is 815. The highest BCUT2D eigenvalue weighted by Gasteiger charge is 2.35. The molecule has 8 nitrogen and oxygen atoms in total. The van der Waals surface area contributed by atoms with Crippen molar-refractivity contribution in [2.24, 2.45) is 5.92 Å². The molecule has 0 aliphatic carbocycles. The van der Waals surface area contributed by atoms with Gasteiger partial charge in [-0.15, -0.1) is 10.2 Å². The number of rotatable bonds is 3. The SMILES string of the molecule is O=C([C@@H]1CCc2nnc([C@@H]3CCN(c4ncccn4)C3)n2C1)N1CCCC1. The van der Waals surface area contributed by atoms with Crippen molar-refractivity contribution in [3.05, 3.63) is 30.1 Å². The number of carbonyl (C=O) groups excluding carboxylic acids is 1. The van der Waals surface area contributed by atoms with Crippen molar-refractivity contribution in [3.63, 3.8) is 0 Å². The molecule has 8 heteroatoms. The fourth-order valence-corrected chi connectivity index (χ4v) is 4.65. The minimum absolute atomic E-state index is 0.0697. The van der Waals surface area contributed by atoms with Gasteiger partial charge in [0.05, 0.1) is 5.92 Å². The van der Waals surface area contributed by atoms with Gasteiger partial charge in [-0.3, -0.25) is 4.79 Å². The third-order valence-electron chi connectivity index (χ3n) is 6.13. The number of likely N-dealkylation sites (tertiary alicyclic amines) is 1. The first-order valence-corrected chi connectivity index (χ1v) is 10.0. The van der Waals surface area contributed by atoms with Gasteiger partial charge in [-0.25, -0.2) is 9.97 Å². The molecule has 2 aromatic rings. The van der Waals surface area contributed by atoms with E-state index in [-0.39, 0.29) is 5.92 Å². The number of anilines is 1. The highest BCUT2D eigenvalue weighted by molar-refractivity contribution is 5.79. The van der Waals surface area contributed by atoms with Crippen molar-refractivity contribution in [1.82, 2.24) is 29.6 Å². The molecule has 0 aromatic carbocycles. The first-order valence-electron chi connectivity index (χ1n) is 10.0. The van der Waals surface area contributed by atoms with Crippen LogP contribution in [0, 0.1) is 5.92 Å². The summed E-state index contributed by atoms with van der Waals surface area (Å²) >= 11 is 0. The Hall–Kier alpha value is -2.51. The quantitative estimate of drug-likeness (QED) is 0.812. The molecule has 0 spiro atoms. The van der Waals surface area contributed by atoms with Crippen molar-refractivity contribution in [2.75, 3.05) is 31.1 Å². The average Bonchev–Trinajstić information content (AvgIpc) is 3.47. The summed E-state index contributed by atoms with van der Waals surface area (Å²) in [5.41, 5.74) is 0. The van der Waals surface area contributed by atoms with Crippen molar-refractivity contribution >= 4 is 11.9 Å². The molecule has 5 heterocycles. The fourth-order valence-electron chi connectivity index (χ4n) is 4.65. The van der Waals surface area contributed by atoms with Gasteiger partial charge in [-0.1, -0.05) is 0 Å². The van der Waals surface area contributed by atoms with E-state index in [1.807, 2.05) is 11.0 Å². The normalized spacial score (nSPS) is 25.0. The molecule has 0 bridgehead atoms. The molecule has 3 aliphatic rings. The zero-order chi connectivity index (χ0) is 18.2. The van der Waals surface area contributed by atoms with Crippen LogP contribution in [0.4, 0.5) is 5.95 Å². The first-order chi connectivity index (χ1) is 13.3. The molecule has 2 aromatic heterocycles. The Labute approximate surface area is 158 Å². The summed E-state index contributed by atoms with van der Waals surface area (Å²) in [6, 6.07) is 1.84. The van der Waals surface area contributed by atoms with Gasteiger partial charge < -0.3 is 14.4 Å². The van der Waals surface area contributed by atoms with Gasteiger partial charge in [-0.2, -0.15) is 0 Å². The summed E-state index contributed by atoms with van der Waals surface area (Å²) < 4.78 is 2.22. The molecule has 27 heavy (non-hydrogen) atoms. The van der Waals surface area contributed by atoms with Crippen LogP contribution in [0.2, 0.25) is 0 Å². The van der Waals surface area contributed by atoms with Gasteiger partial charge in [0.2, 0.25) is 11.9 Å². The van der Waals surface area contributed by atoms with Crippen LogP contribution >= 0.6 is 0 Å². The Kier molecular flexibility index (Phi) is 4.26. The second kappa shape index (κ2) is 6.90. The van der Waals surface area contributed by atoms with Gasteiger partial charge >= 0.3 is 0 Å². The summed E-state index contributed by atoms with van der Waals surface area (Å²) in [4.78, 5) is 25.8. The predicted molar refractivity (Wildman–Crippen MR) is 99.3 cm³/mol. The molecule has 1 amide bonds. The van der Waals surface area contributed by atoms with Crippen molar-refractivity contribution in [3.8, 4) is 0 Å². The van der Waals surface area contributed by atoms with Gasteiger partial charge in [0, 0.05) is 57.5 Å². The lowest BCUT2D eigenvalue weighted by atomic mass is 9.97. The number of aromatic nitrogens is 5. The molecular formula is C19H25N7O. The van der Waals surface area contributed by atoms with E-state index < -0.39 is 0 Å². The lowest BCUT2D eigenvalue weighted by Crippen LogP contribution is -2.38. The minimum Gasteiger partial charge on any atom is -0.342 e. The number of hydrogen-bond donors (Lipinski definition) is 0. The van der Waals surface area contributed by atoms with Gasteiger partial charge in [0.25, 0.3) is 0 Å². The van der Waals surface area contributed by atoms with E-state index in [9.17, 15) is 4.79 Å². The topological polar surface area (TPSA) is 80.0 Å². The Morgan fingerprint density at radius 2 is 1.81 bits per heavy atom. The summed E-state index contributed by atoms with van der Waals surface area (Å²) in [5.74, 6) is 3.55. The van der Waals surface area contributed by atoms with E-state index in [1.54, 1.807) is 12.4 Å². The van der Waals surface area contributed by atoms with Crippen LogP contribution in [0.3, 0.4) is 0 Å². The van der Waals surface area contributed by atoms with Gasteiger partial charge in [0.15, 0.2) is 0 Å². The van der Waals surface area contributed by atoms with Crippen LogP contribution in [0.25, 0.3) is 0 Å². The second-order valence-electron chi connectivity index (χ2n) is 7.83. The Morgan fingerprint density at radius 3 is 2.63 bits per heavy atom. The molecule has 3 aliphatic heterocycles. The molecule has 2 atom stereocenters. The van der Waals surface area contributed by atoms with E-state index in [1.165, 1.54) is 0 Å². The molecule has 5 rings (SSSR count). The van der Waals surface area contributed by atoms with Crippen LogP contribution in [0.1, 0.15) is 43.3 Å².